The third-order valence-electron chi connectivity index (χ3n) is 3.84. The number of hydrogen-bond acceptors (Lipinski definition) is 2. The average molecular weight is 260 g/mol. The first-order valence-corrected chi connectivity index (χ1v) is 6.70. The third kappa shape index (κ3) is 3.37. The Morgan fingerprint density at radius 3 is 2.47 bits per heavy atom. The Balaban J connectivity index is 1.88. The zero-order chi connectivity index (χ0) is 13.7. The molecule has 3 nitrogen and oxygen atoms in total. The summed E-state index contributed by atoms with van der Waals surface area (Å²) in [5.41, 5.74) is 0.424. The molecule has 2 rings (SSSR count). The lowest BCUT2D eigenvalue weighted by atomic mass is 9.82. The Morgan fingerprint density at radius 1 is 1.26 bits per heavy atom. The number of ether oxygens (including phenoxy) is 1. The van der Waals surface area contributed by atoms with E-state index in [1.807, 2.05) is 30.3 Å². The van der Waals surface area contributed by atoms with Crippen molar-refractivity contribution >= 4 is 5.97 Å². The van der Waals surface area contributed by atoms with Gasteiger partial charge >= 0.3 is 5.97 Å². The van der Waals surface area contributed by atoms with Crippen molar-refractivity contribution in [1.82, 2.24) is 0 Å². The molecule has 19 heavy (non-hydrogen) atoms. The normalized spacial score (nSPS) is 17.1. The first-order valence-electron chi connectivity index (χ1n) is 6.70. The van der Waals surface area contributed by atoms with E-state index in [1.54, 1.807) is 0 Å². The molecule has 3 heteroatoms. The van der Waals surface area contributed by atoms with Crippen molar-refractivity contribution < 1.29 is 14.6 Å². The molecule has 1 aliphatic rings. The lowest BCUT2D eigenvalue weighted by Crippen LogP contribution is -2.28. The van der Waals surface area contributed by atoms with Gasteiger partial charge in [-0.15, -0.1) is 0 Å². The summed E-state index contributed by atoms with van der Waals surface area (Å²) in [6.07, 6.45) is 3.86. The molecule has 1 aliphatic carbocycles. The number of aliphatic carboxylic acids is 1. The number of carbonyl (C=O) groups is 1. The summed E-state index contributed by atoms with van der Waals surface area (Å²) in [4.78, 5) is 11.4. The Bertz CT molecular complexity index is 444. The molecule has 1 fully saturated rings. The highest BCUT2D eigenvalue weighted by Gasteiger charge is 2.41. The molecular formula is C16H20O3. The Kier molecular flexibility index (Phi) is 4.25. The second kappa shape index (κ2) is 5.91. The molecule has 0 saturated heterocycles. The molecule has 0 unspecified atom stereocenters. The van der Waals surface area contributed by atoms with Crippen molar-refractivity contribution in [3.8, 4) is 0 Å². The van der Waals surface area contributed by atoms with Crippen LogP contribution in [-0.4, -0.2) is 11.1 Å². The van der Waals surface area contributed by atoms with Gasteiger partial charge in [-0.1, -0.05) is 49.8 Å². The molecule has 0 aliphatic heterocycles. The summed E-state index contributed by atoms with van der Waals surface area (Å²) < 4.78 is 5.61. The maximum atomic E-state index is 11.4. The van der Waals surface area contributed by atoms with Gasteiger partial charge in [0.25, 0.3) is 0 Å². The zero-order valence-electron chi connectivity index (χ0n) is 11.1. The second-order valence-electron chi connectivity index (χ2n) is 5.28. The average Bonchev–Trinajstić information content (AvgIpc) is 2.87. The minimum Gasteiger partial charge on any atom is -0.494 e. The SMILES string of the molecule is C=C(CC1(C(=O)O)CCCC1)OCc1ccccc1. The van der Waals surface area contributed by atoms with Crippen LogP contribution in [0.15, 0.2) is 42.7 Å². The summed E-state index contributed by atoms with van der Waals surface area (Å²) in [5.74, 6) is -0.136. The van der Waals surface area contributed by atoms with Crippen molar-refractivity contribution in [2.24, 2.45) is 5.41 Å². The van der Waals surface area contributed by atoms with E-state index >= 15 is 0 Å². The fourth-order valence-corrected chi connectivity index (χ4v) is 2.71. The van der Waals surface area contributed by atoms with Gasteiger partial charge in [0.1, 0.15) is 6.61 Å². The van der Waals surface area contributed by atoms with Crippen LogP contribution in [0.1, 0.15) is 37.7 Å². The molecule has 1 aromatic carbocycles. The largest absolute Gasteiger partial charge is 0.494 e. The molecule has 1 saturated carbocycles. The van der Waals surface area contributed by atoms with Gasteiger partial charge < -0.3 is 9.84 Å². The fraction of sp³-hybridized carbons (Fsp3) is 0.438. The van der Waals surface area contributed by atoms with Crippen LogP contribution in [0.5, 0.6) is 0 Å². The van der Waals surface area contributed by atoms with Gasteiger partial charge in [0.2, 0.25) is 0 Å². The van der Waals surface area contributed by atoms with Gasteiger partial charge in [0.15, 0.2) is 0 Å². The van der Waals surface area contributed by atoms with E-state index in [0.29, 0.717) is 18.8 Å². The van der Waals surface area contributed by atoms with Crippen LogP contribution in [0.4, 0.5) is 0 Å². The minimum atomic E-state index is -0.713. The van der Waals surface area contributed by atoms with Crippen LogP contribution in [0.3, 0.4) is 0 Å². The fourth-order valence-electron chi connectivity index (χ4n) is 2.71. The molecule has 0 amide bonds. The van der Waals surface area contributed by atoms with Crippen molar-refractivity contribution in [3.05, 3.63) is 48.2 Å². The molecule has 0 aromatic heterocycles. The van der Waals surface area contributed by atoms with Crippen LogP contribution in [0.2, 0.25) is 0 Å². The summed E-state index contributed by atoms with van der Waals surface area (Å²) in [6, 6.07) is 9.83. The molecular weight excluding hydrogens is 240 g/mol. The van der Waals surface area contributed by atoms with E-state index < -0.39 is 11.4 Å². The van der Waals surface area contributed by atoms with Crippen LogP contribution >= 0.6 is 0 Å². The summed E-state index contributed by atoms with van der Waals surface area (Å²) in [5, 5.41) is 9.40. The lowest BCUT2D eigenvalue weighted by Gasteiger charge is -2.24. The Labute approximate surface area is 113 Å². The smallest absolute Gasteiger partial charge is 0.310 e. The van der Waals surface area contributed by atoms with Crippen LogP contribution in [0.25, 0.3) is 0 Å². The van der Waals surface area contributed by atoms with Gasteiger partial charge in [-0.25, -0.2) is 0 Å². The number of benzene rings is 1. The standard InChI is InChI=1S/C16H20O3/c1-13(19-12-14-7-3-2-4-8-14)11-16(15(17)18)9-5-6-10-16/h2-4,7-8H,1,5-6,9-12H2,(H,17,18). The highest BCUT2D eigenvalue weighted by molar-refractivity contribution is 5.75. The molecule has 0 radical (unpaired) electrons. The van der Waals surface area contributed by atoms with Gasteiger partial charge in [-0.2, -0.15) is 0 Å². The number of allylic oxidation sites excluding steroid dienone is 1. The van der Waals surface area contributed by atoms with Crippen LogP contribution < -0.4 is 0 Å². The molecule has 0 spiro atoms. The van der Waals surface area contributed by atoms with Crippen molar-refractivity contribution in [2.75, 3.05) is 0 Å². The van der Waals surface area contributed by atoms with Crippen molar-refractivity contribution in [3.63, 3.8) is 0 Å². The molecule has 1 N–H and O–H groups in total. The zero-order valence-corrected chi connectivity index (χ0v) is 11.1. The first-order chi connectivity index (χ1) is 9.12. The summed E-state index contributed by atoms with van der Waals surface area (Å²) in [6.45, 7) is 4.33. The monoisotopic (exact) mass is 260 g/mol. The van der Waals surface area contributed by atoms with Gasteiger partial charge in [0, 0.05) is 6.42 Å². The van der Waals surface area contributed by atoms with Crippen LogP contribution in [-0.2, 0) is 16.1 Å². The van der Waals surface area contributed by atoms with E-state index in [2.05, 4.69) is 6.58 Å². The van der Waals surface area contributed by atoms with Crippen molar-refractivity contribution in [2.45, 2.75) is 38.7 Å². The highest BCUT2D eigenvalue weighted by Crippen LogP contribution is 2.43. The van der Waals surface area contributed by atoms with E-state index in [1.165, 1.54) is 0 Å². The number of carboxylic acids is 1. The molecule has 0 atom stereocenters. The second-order valence-corrected chi connectivity index (χ2v) is 5.28. The predicted octanol–water partition coefficient (Wildman–Crippen LogP) is 3.75. The quantitative estimate of drug-likeness (QED) is 0.792. The van der Waals surface area contributed by atoms with Crippen molar-refractivity contribution in [1.29, 1.82) is 0 Å². The molecule has 102 valence electrons. The topological polar surface area (TPSA) is 46.5 Å². The van der Waals surface area contributed by atoms with E-state index in [0.717, 1.165) is 31.2 Å². The van der Waals surface area contributed by atoms with E-state index in [-0.39, 0.29) is 0 Å². The summed E-state index contributed by atoms with van der Waals surface area (Å²) in [7, 11) is 0. The molecule has 1 aromatic rings. The van der Waals surface area contributed by atoms with Crippen LogP contribution in [0, 0.1) is 5.41 Å². The minimum absolute atomic E-state index is 0.426. The highest BCUT2D eigenvalue weighted by atomic mass is 16.5. The number of carboxylic acid groups (broad SMARTS) is 1. The Morgan fingerprint density at radius 2 is 1.89 bits per heavy atom. The lowest BCUT2D eigenvalue weighted by molar-refractivity contribution is -0.149. The van der Waals surface area contributed by atoms with E-state index in [9.17, 15) is 9.90 Å². The first kappa shape index (κ1) is 13.7. The molecule has 0 bridgehead atoms. The maximum Gasteiger partial charge on any atom is 0.310 e. The predicted molar refractivity (Wildman–Crippen MR) is 73.5 cm³/mol. The maximum absolute atomic E-state index is 11.4. The third-order valence-corrected chi connectivity index (χ3v) is 3.84. The molecule has 0 heterocycles. The van der Waals surface area contributed by atoms with E-state index in [4.69, 9.17) is 4.74 Å². The van der Waals surface area contributed by atoms with Gasteiger partial charge in [-0.05, 0) is 18.4 Å². The Hall–Kier alpha value is -1.77. The van der Waals surface area contributed by atoms with Gasteiger partial charge in [0.05, 0.1) is 11.2 Å². The summed E-state index contributed by atoms with van der Waals surface area (Å²) >= 11 is 0. The number of hydrogen-bond donors (Lipinski definition) is 1. The van der Waals surface area contributed by atoms with Gasteiger partial charge in [-0.3, -0.25) is 4.79 Å². The number of rotatable bonds is 6.